The van der Waals surface area contributed by atoms with Crippen LogP contribution in [0, 0.1) is 0 Å². The van der Waals surface area contributed by atoms with Gasteiger partial charge in [-0.25, -0.2) is 14.6 Å². The van der Waals surface area contributed by atoms with Crippen LogP contribution in [0.2, 0.25) is 0 Å². The minimum Gasteiger partial charge on any atom is -0.462 e. The maximum absolute atomic E-state index is 13.1. The van der Waals surface area contributed by atoms with Gasteiger partial charge in [0.2, 0.25) is 5.91 Å². The molecule has 0 aliphatic heterocycles. The van der Waals surface area contributed by atoms with E-state index in [2.05, 4.69) is 16.9 Å². The molecule has 0 radical (unpaired) electrons. The molecule has 1 amide bonds. The first-order valence-corrected chi connectivity index (χ1v) is 11.7. The molecular weight excluding hydrogens is 458 g/mol. The van der Waals surface area contributed by atoms with Crippen LogP contribution < -0.4 is 21.5 Å². The summed E-state index contributed by atoms with van der Waals surface area (Å²) in [5.41, 5.74) is -0.278. The number of nitrogens with one attached hydrogen (secondary N) is 1. The topological polar surface area (TPSA) is 116 Å². The first-order chi connectivity index (χ1) is 16.3. The van der Waals surface area contributed by atoms with E-state index in [1.165, 1.54) is 28.0 Å². The molecule has 3 aromatic rings. The van der Waals surface area contributed by atoms with Crippen molar-refractivity contribution in [3.63, 3.8) is 0 Å². The number of benzene rings is 1. The Kier molecular flexibility index (Phi) is 8.00. The second-order valence-electron chi connectivity index (χ2n) is 7.24. The van der Waals surface area contributed by atoms with Gasteiger partial charge in [0.1, 0.15) is 11.2 Å². The fourth-order valence-electron chi connectivity index (χ4n) is 3.41. The van der Waals surface area contributed by atoms with E-state index in [9.17, 15) is 19.2 Å². The quantitative estimate of drug-likeness (QED) is 0.346. The highest BCUT2D eigenvalue weighted by atomic mass is 32.1. The second kappa shape index (κ2) is 10.9. The number of fused-ring (bicyclic) bond motifs is 1. The predicted octanol–water partition coefficient (Wildman–Crippen LogP) is 2.47. The van der Waals surface area contributed by atoms with Crippen molar-refractivity contribution in [3.8, 4) is 0 Å². The number of carbonyl (C=O) groups is 2. The lowest BCUT2D eigenvalue weighted by Crippen LogP contribution is -2.41. The van der Waals surface area contributed by atoms with Gasteiger partial charge in [-0.3, -0.25) is 18.7 Å². The van der Waals surface area contributed by atoms with E-state index in [1.54, 1.807) is 25.1 Å². The first kappa shape index (κ1) is 24.9. The van der Waals surface area contributed by atoms with Crippen LogP contribution in [0.3, 0.4) is 0 Å². The summed E-state index contributed by atoms with van der Waals surface area (Å²) < 4.78 is 7.50. The highest BCUT2D eigenvalue weighted by molar-refractivity contribution is 7.22. The fourth-order valence-corrected chi connectivity index (χ4v) is 4.56. The molecule has 10 nitrogen and oxygen atoms in total. The largest absolute Gasteiger partial charge is 0.462 e. The van der Waals surface area contributed by atoms with E-state index < -0.39 is 23.1 Å². The number of thiazole rings is 1. The van der Waals surface area contributed by atoms with Crippen LogP contribution in [0.15, 0.2) is 46.5 Å². The van der Waals surface area contributed by atoms with Crippen molar-refractivity contribution in [3.05, 3.63) is 63.3 Å². The first-order valence-electron chi connectivity index (χ1n) is 10.9. The Morgan fingerprint density at radius 1 is 1.21 bits per heavy atom. The lowest BCUT2D eigenvalue weighted by Gasteiger charge is -2.16. The Morgan fingerprint density at radius 3 is 2.59 bits per heavy atom. The number of hydrogen-bond donors (Lipinski definition) is 1. The number of anilines is 2. The molecule has 2 heterocycles. The molecular formula is C23H27N5O5S. The second-order valence-corrected chi connectivity index (χ2v) is 8.22. The number of amides is 1. The molecule has 11 heteroatoms. The lowest BCUT2D eigenvalue weighted by molar-refractivity contribution is -0.116. The smallest absolute Gasteiger partial charge is 0.338 e. The Bertz CT molecular complexity index is 1340. The Balaban J connectivity index is 2.00. The molecule has 1 N–H and O–H groups in total. The van der Waals surface area contributed by atoms with E-state index in [0.29, 0.717) is 34.2 Å². The fraction of sp³-hybridized carbons (Fsp3) is 0.348. The van der Waals surface area contributed by atoms with Gasteiger partial charge in [0, 0.05) is 25.3 Å². The number of carbonyl (C=O) groups excluding carboxylic acids is 2. The molecule has 1 aromatic carbocycles. The average molecular weight is 486 g/mol. The zero-order chi connectivity index (χ0) is 24.8. The minimum absolute atomic E-state index is 0.00924. The van der Waals surface area contributed by atoms with E-state index in [0.717, 1.165) is 4.57 Å². The zero-order valence-electron chi connectivity index (χ0n) is 19.4. The normalized spacial score (nSPS) is 10.8. The molecule has 0 saturated heterocycles. The molecule has 0 spiro atoms. The van der Waals surface area contributed by atoms with Gasteiger partial charge in [-0.1, -0.05) is 23.5 Å². The third-order valence-corrected chi connectivity index (χ3v) is 6.15. The van der Waals surface area contributed by atoms with Crippen molar-refractivity contribution >= 4 is 44.4 Å². The van der Waals surface area contributed by atoms with Crippen LogP contribution in [-0.4, -0.2) is 45.7 Å². The number of rotatable bonds is 10. The zero-order valence-corrected chi connectivity index (χ0v) is 20.2. The number of aromatic nitrogens is 3. The Morgan fingerprint density at radius 2 is 1.94 bits per heavy atom. The van der Waals surface area contributed by atoms with Gasteiger partial charge in [0.15, 0.2) is 10.8 Å². The maximum atomic E-state index is 13.1. The van der Waals surface area contributed by atoms with Gasteiger partial charge in [-0.15, -0.1) is 6.58 Å². The molecule has 180 valence electrons. The van der Waals surface area contributed by atoms with Crippen LogP contribution in [-0.2, 0) is 22.6 Å². The van der Waals surface area contributed by atoms with E-state index in [1.807, 2.05) is 18.7 Å². The van der Waals surface area contributed by atoms with Crippen molar-refractivity contribution in [2.75, 3.05) is 29.9 Å². The van der Waals surface area contributed by atoms with Crippen LogP contribution in [0.25, 0.3) is 10.3 Å². The predicted molar refractivity (Wildman–Crippen MR) is 133 cm³/mol. The highest BCUT2D eigenvalue weighted by Crippen LogP contribution is 2.25. The van der Waals surface area contributed by atoms with Crippen molar-refractivity contribution in [1.29, 1.82) is 0 Å². The Labute approximate surface area is 200 Å². The molecule has 2 aromatic heterocycles. The minimum atomic E-state index is -0.649. The van der Waals surface area contributed by atoms with Gasteiger partial charge in [-0.2, -0.15) is 0 Å². The van der Waals surface area contributed by atoms with Gasteiger partial charge in [-0.05, 0) is 39.0 Å². The monoisotopic (exact) mass is 485 g/mol. The molecule has 34 heavy (non-hydrogen) atoms. The Hall–Kier alpha value is -3.73. The van der Waals surface area contributed by atoms with E-state index >= 15 is 0 Å². The summed E-state index contributed by atoms with van der Waals surface area (Å²) in [4.78, 5) is 57.4. The van der Waals surface area contributed by atoms with Gasteiger partial charge < -0.3 is 15.0 Å². The standard InChI is InChI=1S/C23H27N5O5S/c1-5-12-27-20(30)18-19(25-22(34-18)26(6-2)7-3)28(23(27)32)14-17(29)24-16-11-9-10-15(13-16)21(31)33-8-4/h5,9-11,13H,1,6-8,12,14H2,2-4H3,(H,24,29). The number of hydrogen-bond acceptors (Lipinski definition) is 8. The highest BCUT2D eigenvalue weighted by Gasteiger charge is 2.21. The molecule has 0 atom stereocenters. The summed E-state index contributed by atoms with van der Waals surface area (Å²) in [6, 6.07) is 6.32. The molecule has 0 fully saturated rings. The summed E-state index contributed by atoms with van der Waals surface area (Å²) in [6.07, 6.45) is 1.45. The molecule has 0 bridgehead atoms. The van der Waals surface area contributed by atoms with Crippen molar-refractivity contribution < 1.29 is 14.3 Å². The molecule has 3 rings (SSSR count). The van der Waals surface area contributed by atoms with Gasteiger partial charge in [0.25, 0.3) is 5.56 Å². The maximum Gasteiger partial charge on any atom is 0.338 e. The number of ether oxygens (including phenoxy) is 1. The summed E-state index contributed by atoms with van der Waals surface area (Å²) in [5, 5.41) is 3.29. The summed E-state index contributed by atoms with van der Waals surface area (Å²) in [5.74, 6) is -1.01. The molecule has 0 aliphatic carbocycles. The van der Waals surface area contributed by atoms with Crippen molar-refractivity contribution in [1.82, 2.24) is 14.1 Å². The van der Waals surface area contributed by atoms with Crippen LogP contribution in [0.5, 0.6) is 0 Å². The van der Waals surface area contributed by atoms with E-state index in [-0.39, 0.29) is 25.3 Å². The third-order valence-electron chi connectivity index (χ3n) is 5.06. The van der Waals surface area contributed by atoms with Gasteiger partial charge >= 0.3 is 11.7 Å². The average Bonchev–Trinajstić information content (AvgIpc) is 3.26. The van der Waals surface area contributed by atoms with Crippen LogP contribution >= 0.6 is 11.3 Å². The number of nitrogens with zero attached hydrogens (tertiary/aromatic N) is 4. The summed E-state index contributed by atoms with van der Waals surface area (Å²) in [6.45, 7) is 10.5. The third kappa shape index (κ3) is 5.09. The summed E-state index contributed by atoms with van der Waals surface area (Å²) in [7, 11) is 0. The summed E-state index contributed by atoms with van der Waals surface area (Å²) >= 11 is 1.19. The van der Waals surface area contributed by atoms with Gasteiger partial charge in [0.05, 0.1) is 12.2 Å². The lowest BCUT2D eigenvalue weighted by atomic mass is 10.2. The van der Waals surface area contributed by atoms with E-state index in [4.69, 9.17) is 4.74 Å². The molecule has 0 unspecified atom stereocenters. The SMILES string of the molecule is C=CCn1c(=O)c2sc(N(CC)CC)nc2n(CC(=O)Nc2cccc(C(=O)OCC)c2)c1=O. The molecule has 0 saturated carbocycles. The van der Waals surface area contributed by atoms with Crippen molar-refractivity contribution in [2.45, 2.75) is 33.9 Å². The number of esters is 1. The van der Waals surface area contributed by atoms with Crippen molar-refractivity contribution in [2.24, 2.45) is 0 Å². The number of allylic oxidation sites excluding steroid dienone is 1. The van der Waals surface area contributed by atoms with Crippen LogP contribution in [0.4, 0.5) is 10.8 Å². The molecule has 0 aliphatic rings. The van der Waals surface area contributed by atoms with Crippen LogP contribution in [0.1, 0.15) is 31.1 Å².